The number of hydrogen-bond acceptors (Lipinski definition) is 4. The van der Waals surface area contributed by atoms with Crippen molar-refractivity contribution in [3.05, 3.63) is 17.5 Å². The Morgan fingerprint density at radius 1 is 1.35 bits per heavy atom. The second-order valence-corrected chi connectivity index (χ2v) is 5.82. The highest BCUT2D eigenvalue weighted by Gasteiger charge is 2.39. The third kappa shape index (κ3) is 2.25. The van der Waals surface area contributed by atoms with Crippen LogP contribution in [0.2, 0.25) is 0 Å². The predicted octanol–water partition coefficient (Wildman–Crippen LogP) is 2.35. The number of ketones is 1. The molecule has 0 radical (unpaired) electrons. The molecular formula is C15H20N2O3. The summed E-state index contributed by atoms with van der Waals surface area (Å²) in [7, 11) is 0. The van der Waals surface area contributed by atoms with Crippen LogP contribution in [-0.4, -0.2) is 34.3 Å². The van der Waals surface area contributed by atoms with E-state index in [1.165, 1.54) is 6.20 Å². The van der Waals surface area contributed by atoms with Crippen LogP contribution >= 0.6 is 0 Å². The number of carbonyl (C=O) groups is 2. The molecule has 2 aliphatic rings. The van der Waals surface area contributed by atoms with E-state index in [0.717, 1.165) is 38.6 Å². The van der Waals surface area contributed by atoms with Gasteiger partial charge in [-0.25, -0.2) is 0 Å². The summed E-state index contributed by atoms with van der Waals surface area (Å²) in [6.45, 7) is 2.48. The van der Waals surface area contributed by atoms with E-state index in [-0.39, 0.29) is 17.9 Å². The molecule has 2 heterocycles. The number of nitrogens with zero attached hydrogens (tertiary/aromatic N) is 2. The SMILES string of the molecule is Cc1oncc1C(=O)N1CCCC1C1CCCCC1=O. The highest BCUT2D eigenvalue weighted by Crippen LogP contribution is 2.33. The van der Waals surface area contributed by atoms with Gasteiger partial charge in [0.15, 0.2) is 0 Å². The maximum absolute atomic E-state index is 12.6. The van der Waals surface area contributed by atoms with Crippen molar-refractivity contribution in [2.75, 3.05) is 6.54 Å². The van der Waals surface area contributed by atoms with Gasteiger partial charge in [-0.05, 0) is 32.6 Å². The Morgan fingerprint density at radius 3 is 2.90 bits per heavy atom. The Balaban J connectivity index is 1.80. The number of aryl methyl sites for hydroxylation is 1. The fourth-order valence-corrected chi connectivity index (χ4v) is 3.54. The molecule has 1 saturated carbocycles. The van der Waals surface area contributed by atoms with Crippen molar-refractivity contribution in [2.45, 2.75) is 51.5 Å². The van der Waals surface area contributed by atoms with Gasteiger partial charge in [-0.15, -0.1) is 0 Å². The maximum Gasteiger partial charge on any atom is 0.259 e. The molecule has 5 nitrogen and oxygen atoms in total. The molecule has 0 spiro atoms. The summed E-state index contributed by atoms with van der Waals surface area (Å²) in [5.41, 5.74) is 0.528. The Hall–Kier alpha value is -1.65. The van der Waals surface area contributed by atoms with Crippen LogP contribution in [0.1, 0.15) is 54.6 Å². The lowest BCUT2D eigenvalue weighted by Crippen LogP contribution is -2.43. The molecule has 0 N–H and O–H groups in total. The van der Waals surface area contributed by atoms with Gasteiger partial charge in [-0.3, -0.25) is 9.59 Å². The molecule has 1 aromatic rings. The monoisotopic (exact) mass is 276 g/mol. The van der Waals surface area contributed by atoms with Gasteiger partial charge < -0.3 is 9.42 Å². The molecule has 20 heavy (non-hydrogen) atoms. The van der Waals surface area contributed by atoms with Crippen molar-refractivity contribution in [3.63, 3.8) is 0 Å². The molecule has 108 valence electrons. The number of rotatable bonds is 2. The van der Waals surface area contributed by atoms with E-state index in [9.17, 15) is 9.59 Å². The average Bonchev–Trinajstić information content (AvgIpc) is 3.07. The third-order valence-corrected chi connectivity index (χ3v) is 4.61. The van der Waals surface area contributed by atoms with Crippen LogP contribution in [0.15, 0.2) is 10.7 Å². The van der Waals surface area contributed by atoms with Crippen LogP contribution in [0.5, 0.6) is 0 Å². The van der Waals surface area contributed by atoms with Crippen molar-refractivity contribution in [1.82, 2.24) is 10.1 Å². The zero-order chi connectivity index (χ0) is 14.1. The van der Waals surface area contributed by atoms with E-state index >= 15 is 0 Å². The number of amides is 1. The van der Waals surface area contributed by atoms with E-state index in [1.807, 2.05) is 4.90 Å². The van der Waals surface area contributed by atoms with Crippen molar-refractivity contribution in [2.24, 2.45) is 5.92 Å². The van der Waals surface area contributed by atoms with Crippen LogP contribution in [0, 0.1) is 12.8 Å². The fourth-order valence-electron chi connectivity index (χ4n) is 3.54. The lowest BCUT2D eigenvalue weighted by molar-refractivity contribution is -0.126. The van der Waals surface area contributed by atoms with Gasteiger partial charge in [0, 0.05) is 24.9 Å². The first-order chi connectivity index (χ1) is 9.68. The van der Waals surface area contributed by atoms with E-state index < -0.39 is 0 Å². The fraction of sp³-hybridized carbons (Fsp3) is 0.667. The third-order valence-electron chi connectivity index (χ3n) is 4.61. The molecule has 1 aromatic heterocycles. The van der Waals surface area contributed by atoms with Crippen LogP contribution in [0.4, 0.5) is 0 Å². The minimum absolute atomic E-state index is 0.0374. The highest BCUT2D eigenvalue weighted by atomic mass is 16.5. The zero-order valence-electron chi connectivity index (χ0n) is 11.8. The number of aromatic nitrogens is 1. The van der Waals surface area contributed by atoms with Gasteiger partial charge in [0.1, 0.15) is 17.1 Å². The molecule has 3 rings (SSSR count). The largest absolute Gasteiger partial charge is 0.361 e. The Morgan fingerprint density at radius 2 is 2.20 bits per heavy atom. The van der Waals surface area contributed by atoms with Gasteiger partial charge in [-0.1, -0.05) is 11.6 Å². The van der Waals surface area contributed by atoms with Gasteiger partial charge in [-0.2, -0.15) is 0 Å². The molecule has 2 fully saturated rings. The van der Waals surface area contributed by atoms with Crippen molar-refractivity contribution in [3.8, 4) is 0 Å². The van der Waals surface area contributed by atoms with E-state index in [4.69, 9.17) is 4.52 Å². The van der Waals surface area contributed by atoms with E-state index in [2.05, 4.69) is 5.16 Å². The molecular weight excluding hydrogens is 256 g/mol. The smallest absolute Gasteiger partial charge is 0.259 e. The lowest BCUT2D eigenvalue weighted by atomic mass is 9.81. The highest BCUT2D eigenvalue weighted by molar-refractivity contribution is 5.95. The number of carbonyl (C=O) groups excluding carboxylic acids is 2. The summed E-state index contributed by atoms with van der Waals surface area (Å²) in [5.74, 6) is 0.888. The number of Topliss-reactive ketones (excluding diaryl/α,β-unsaturated/α-hetero) is 1. The number of hydrogen-bond donors (Lipinski definition) is 0. The first kappa shape index (κ1) is 13.3. The summed E-state index contributed by atoms with van der Waals surface area (Å²) in [4.78, 5) is 26.6. The minimum Gasteiger partial charge on any atom is -0.361 e. The summed E-state index contributed by atoms with van der Waals surface area (Å²) < 4.78 is 4.98. The van der Waals surface area contributed by atoms with Crippen LogP contribution < -0.4 is 0 Å². The zero-order valence-corrected chi connectivity index (χ0v) is 11.8. The Labute approximate surface area is 118 Å². The van der Waals surface area contributed by atoms with Gasteiger partial charge >= 0.3 is 0 Å². The molecule has 0 bridgehead atoms. The van der Waals surface area contributed by atoms with Crippen molar-refractivity contribution >= 4 is 11.7 Å². The van der Waals surface area contributed by atoms with E-state index in [0.29, 0.717) is 23.5 Å². The van der Waals surface area contributed by atoms with Gasteiger partial charge in [0.05, 0.1) is 6.20 Å². The molecule has 1 amide bonds. The van der Waals surface area contributed by atoms with E-state index in [1.54, 1.807) is 6.92 Å². The van der Waals surface area contributed by atoms with Gasteiger partial charge in [0.25, 0.3) is 5.91 Å². The summed E-state index contributed by atoms with van der Waals surface area (Å²) in [5, 5.41) is 3.68. The van der Waals surface area contributed by atoms with Crippen molar-refractivity contribution < 1.29 is 14.1 Å². The predicted molar refractivity (Wildman–Crippen MR) is 72.3 cm³/mol. The van der Waals surface area contributed by atoms with Crippen LogP contribution in [0.25, 0.3) is 0 Å². The molecule has 1 aliphatic heterocycles. The molecule has 5 heteroatoms. The van der Waals surface area contributed by atoms with Gasteiger partial charge in [0.2, 0.25) is 0 Å². The average molecular weight is 276 g/mol. The van der Waals surface area contributed by atoms with Crippen LogP contribution in [-0.2, 0) is 4.79 Å². The summed E-state index contributed by atoms with van der Waals surface area (Å²) in [6, 6.07) is 0.0737. The standard InChI is InChI=1S/C15H20N2O3/c1-10-12(9-16-20-10)15(19)17-8-4-6-13(17)11-5-2-3-7-14(11)18/h9,11,13H,2-8H2,1H3. The number of likely N-dealkylation sites (tertiary alicyclic amines) is 1. The van der Waals surface area contributed by atoms with Crippen molar-refractivity contribution in [1.29, 1.82) is 0 Å². The Bertz CT molecular complexity index is 523. The topological polar surface area (TPSA) is 63.4 Å². The second kappa shape index (κ2) is 5.38. The molecule has 1 saturated heterocycles. The first-order valence-electron chi connectivity index (χ1n) is 7.43. The molecule has 0 aromatic carbocycles. The molecule has 2 atom stereocenters. The molecule has 1 aliphatic carbocycles. The molecule has 2 unspecified atom stereocenters. The normalized spacial score (nSPS) is 27.1. The van der Waals surface area contributed by atoms with Crippen LogP contribution in [0.3, 0.4) is 0 Å². The first-order valence-corrected chi connectivity index (χ1v) is 7.43. The summed E-state index contributed by atoms with van der Waals surface area (Å²) in [6.07, 6.45) is 7.10. The summed E-state index contributed by atoms with van der Waals surface area (Å²) >= 11 is 0. The Kier molecular flexibility index (Phi) is 3.59. The minimum atomic E-state index is -0.0374. The quantitative estimate of drug-likeness (QED) is 0.831. The second-order valence-electron chi connectivity index (χ2n) is 5.82. The lowest BCUT2D eigenvalue weighted by Gasteiger charge is -2.32. The maximum atomic E-state index is 12.6.